The van der Waals surface area contributed by atoms with Crippen molar-refractivity contribution in [3.63, 3.8) is 0 Å². The Morgan fingerprint density at radius 3 is 2.17 bits per heavy atom. The summed E-state index contributed by atoms with van der Waals surface area (Å²) in [5, 5.41) is 8.70. The van der Waals surface area contributed by atoms with Gasteiger partial charge in [-0.2, -0.15) is 0 Å². The minimum atomic E-state index is 0.328. The highest BCUT2D eigenvalue weighted by molar-refractivity contribution is 5.06. The van der Waals surface area contributed by atoms with E-state index in [1.165, 1.54) is 24.0 Å². The van der Waals surface area contributed by atoms with E-state index in [0.717, 1.165) is 6.42 Å². The average Bonchev–Trinajstić information content (AvgIpc) is 2.00. The van der Waals surface area contributed by atoms with E-state index in [4.69, 9.17) is 5.11 Å². The Morgan fingerprint density at radius 2 is 1.75 bits per heavy atom. The lowest BCUT2D eigenvalue weighted by Gasteiger charge is -2.10. The molecule has 1 heteroatoms. The molecular weight excluding hydrogens is 148 g/mol. The van der Waals surface area contributed by atoms with Gasteiger partial charge in [0, 0.05) is 6.61 Å². The molecule has 0 fully saturated rings. The van der Waals surface area contributed by atoms with Crippen LogP contribution in [-0.2, 0) is 0 Å². The van der Waals surface area contributed by atoms with Crippen LogP contribution in [0.15, 0.2) is 11.1 Å². The van der Waals surface area contributed by atoms with E-state index in [-0.39, 0.29) is 0 Å². The molecule has 1 nitrogen and oxygen atoms in total. The summed E-state index contributed by atoms with van der Waals surface area (Å²) in [7, 11) is 0. The van der Waals surface area contributed by atoms with Crippen molar-refractivity contribution in [3.8, 4) is 0 Å². The molecule has 0 aromatic carbocycles. The Balaban J connectivity index is 3.61. The molecule has 0 saturated heterocycles. The van der Waals surface area contributed by atoms with Gasteiger partial charge in [-0.3, -0.25) is 0 Å². The van der Waals surface area contributed by atoms with E-state index in [9.17, 15) is 0 Å². The lowest BCUT2D eigenvalue weighted by Crippen LogP contribution is -1.98. The molecule has 0 radical (unpaired) electrons. The zero-order valence-electron chi connectivity index (χ0n) is 8.85. The number of aliphatic hydroxyl groups is 1. The number of hydrogen-bond donors (Lipinski definition) is 1. The molecule has 0 rings (SSSR count). The average molecular weight is 170 g/mol. The fourth-order valence-corrected chi connectivity index (χ4v) is 1.08. The number of allylic oxidation sites excluding steroid dienone is 2. The van der Waals surface area contributed by atoms with Crippen LogP contribution >= 0.6 is 0 Å². The van der Waals surface area contributed by atoms with Crippen LogP contribution in [0.4, 0.5) is 0 Å². The molecule has 0 saturated carbocycles. The molecule has 0 spiro atoms. The molecule has 0 aliphatic carbocycles. The fourth-order valence-electron chi connectivity index (χ4n) is 1.08. The Morgan fingerprint density at radius 1 is 1.17 bits per heavy atom. The van der Waals surface area contributed by atoms with Gasteiger partial charge in [-0.15, -0.1) is 0 Å². The molecule has 0 aliphatic heterocycles. The minimum absolute atomic E-state index is 0.328. The Labute approximate surface area is 76.5 Å². The van der Waals surface area contributed by atoms with Crippen LogP contribution in [-0.4, -0.2) is 11.7 Å². The topological polar surface area (TPSA) is 20.2 Å². The van der Waals surface area contributed by atoms with Crippen LogP contribution in [0.1, 0.15) is 47.0 Å². The van der Waals surface area contributed by atoms with Crippen molar-refractivity contribution in [1.82, 2.24) is 0 Å². The lowest BCUT2D eigenvalue weighted by molar-refractivity contribution is 0.258. The maximum Gasteiger partial charge on any atom is 0.0433 e. The van der Waals surface area contributed by atoms with Crippen LogP contribution in [0.2, 0.25) is 0 Å². The van der Waals surface area contributed by atoms with Gasteiger partial charge >= 0.3 is 0 Å². The second-order valence-electron chi connectivity index (χ2n) is 3.94. The molecule has 1 N–H and O–H groups in total. The van der Waals surface area contributed by atoms with Crippen molar-refractivity contribution in [3.05, 3.63) is 11.1 Å². The molecular formula is C11H22O. The second-order valence-corrected chi connectivity index (χ2v) is 3.94. The van der Waals surface area contributed by atoms with Crippen molar-refractivity contribution in [2.75, 3.05) is 6.61 Å². The van der Waals surface area contributed by atoms with Gasteiger partial charge in [0.05, 0.1) is 0 Å². The summed E-state index contributed by atoms with van der Waals surface area (Å²) in [6.45, 7) is 9.04. The van der Waals surface area contributed by atoms with Gasteiger partial charge in [-0.1, -0.05) is 18.1 Å². The zero-order chi connectivity index (χ0) is 9.56. The van der Waals surface area contributed by atoms with Crippen LogP contribution in [0, 0.1) is 5.92 Å². The monoisotopic (exact) mass is 170 g/mol. The van der Waals surface area contributed by atoms with Gasteiger partial charge in [-0.05, 0) is 46.0 Å². The summed E-state index contributed by atoms with van der Waals surface area (Å²) in [4.78, 5) is 0. The van der Waals surface area contributed by atoms with Crippen molar-refractivity contribution in [2.24, 2.45) is 5.92 Å². The molecule has 0 amide bonds. The van der Waals surface area contributed by atoms with E-state index in [2.05, 4.69) is 27.7 Å². The minimum Gasteiger partial charge on any atom is -0.396 e. The van der Waals surface area contributed by atoms with Crippen LogP contribution in [0.25, 0.3) is 0 Å². The summed E-state index contributed by atoms with van der Waals surface area (Å²) in [6.07, 6.45) is 3.33. The highest BCUT2D eigenvalue weighted by atomic mass is 16.2. The predicted molar refractivity (Wildman–Crippen MR) is 54.1 cm³/mol. The quantitative estimate of drug-likeness (QED) is 0.628. The first kappa shape index (κ1) is 11.7. The summed E-state index contributed by atoms with van der Waals surface area (Å²) in [5.74, 6) is 0.657. The van der Waals surface area contributed by atoms with Gasteiger partial charge in [0.1, 0.15) is 0 Å². The summed E-state index contributed by atoms with van der Waals surface area (Å²) < 4.78 is 0. The maximum atomic E-state index is 8.70. The third-order valence-electron chi connectivity index (χ3n) is 2.49. The van der Waals surface area contributed by atoms with Crippen molar-refractivity contribution in [2.45, 2.75) is 47.0 Å². The lowest BCUT2D eigenvalue weighted by atomic mass is 9.97. The van der Waals surface area contributed by atoms with Gasteiger partial charge in [0.25, 0.3) is 0 Å². The first-order chi connectivity index (χ1) is 5.57. The van der Waals surface area contributed by atoms with Crippen LogP contribution in [0.3, 0.4) is 0 Å². The molecule has 0 aromatic heterocycles. The Bertz CT molecular complexity index is 143. The maximum absolute atomic E-state index is 8.70. The molecule has 12 heavy (non-hydrogen) atoms. The first-order valence-corrected chi connectivity index (χ1v) is 4.81. The van der Waals surface area contributed by atoms with Crippen LogP contribution < -0.4 is 0 Å². The van der Waals surface area contributed by atoms with E-state index in [0.29, 0.717) is 12.5 Å². The molecule has 1 atom stereocenters. The summed E-state index contributed by atoms with van der Waals surface area (Å²) in [6, 6.07) is 0. The molecule has 0 bridgehead atoms. The van der Waals surface area contributed by atoms with Crippen molar-refractivity contribution in [1.29, 1.82) is 0 Å². The van der Waals surface area contributed by atoms with Crippen molar-refractivity contribution < 1.29 is 5.11 Å². The normalized spacial score (nSPS) is 12.8. The second kappa shape index (κ2) is 6.24. The predicted octanol–water partition coefficient (Wildman–Crippen LogP) is 3.14. The molecule has 72 valence electrons. The van der Waals surface area contributed by atoms with E-state index in [1.807, 2.05) is 0 Å². The number of rotatable bonds is 5. The highest BCUT2D eigenvalue weighted by Crippen LogP contribution is 2.16. The van der Waals surface area contributed by atoms with Gasteiger partial charge < -0.3 is 5.11 Å². The van der Waals surface area contributed by atoms with E-state index < -0.39 is 0 Å². The Hall–Kier alpha value is -0.300. The van der Waals surface area contributed by atoms with E-state index >= 15 is 0 Å². The molecule has 0 aromatic rings. The van der Waals surface area contributed by atoms with Gasteiger partial charge in [0.2, 0.25) is 0 Å². The smallest absolute Gasteiger partial charge is 0.0433 e. The Kier molecular flexibility index (Phi) is 6.09. The third kappa shape index (κ3) is 5.36. The number of aliphatic hydroxyl groups excluding tert-OH is 1. The summed E-state index contributed by atoms with van der Waals surface area (Å²) in [5.41, 5.74) is 2.94. The zero-order valence-corrected chi connectivity index (χ0v) is 8.85. The largest absolute Gasteiger partial charge is 0.396 e. The highest BCUT2D eigenvalue weighted by Gasteiger charge is 2.01. The SMILES string of the molecule is CC(C)=C(C)CC[C@H](C)CCO. The third-order valence-corrected chi connectivity index (χ3v) is 2.49. The van der Waals surface area contributed by atoms with E-state index in [1.54, 1.807) is 0 Å². The van der Waals surface area contributed by atoms with Gasteiger partial charge in [0.15, 0.2) is 0 Å². The standard InChI is InChI=1S/C11H22O/c1-9(2)11(4)6-5-10(3)7-8-12/h10,12H,5-8H2,1-4H3/t10-/m0/s1. The first-order valence-electron chi connectivity index (χ1n) is 4.81. The number of hydrogen-bond acceptors (Lipinski definition) is 1. The molecule has 0 aliphatic rings. The fraction of sp³-hybridized carbons (Fsp3) is 0.818. The van der Waals surface area contributed by atoms with Gasteiger partial charge in [-0.25, -0.2) is 0 Å². The molecule has 0 heterocycles. The van der Waals surface area contributed by atoms with Crippen molar-refractivity contribution >= 4 is 0 Å². The summed E-state index contributed by atoms with van der Waals surface area (Å²) >= 11 is 0. The van der Waals surface area contributed by atoms with Crippen LogP contribution in [0.5, 0.6) is 0 Å². The molecule has 0 unspecified atom stereocenters.